The molecule has 5 saturated heterocycles. The van der Waals surface area contributed by atoms with E-state index < -0.39 is 23.8 Å². The largest absolute Gasteiger partial charge is 0.371 e. The summed E-state index contributed by atoms with van der Waals surface area (Å²) in [7, 11) is 0. The quantitative estimate of drug-likeness (QED) is 0.231. The van der Waals surface area contributed by atoms with Gasteiger partial charge < -0.3 is 14.7 Å². The molecule has 1 unspecified atom stereocenters. The molecular weight excluding hydrogens is 728 g/mol. The third-order valence-corrected chi connectivity index (χ3v) is 13.8. The highest BCUT2D eigenvalue weighted by Crippen LogP contribution is 2.46. The van der Waals surface area contributed by atoms with Crippen LogP contribution < -0.4 is 20.0 Å². The van der Waals surface area contributed by atoms with E-state index in [4.69, 9.17) is 23.2 Å². The minimum absolute atomic E-state index is 0.106. The van der Waals surface area contributed by atoms with Gasteiger partial charge in [-0.2, -0.15) is 0 Å². The first kappa shape index (κ1) is 36.6. The molecule has 4 amide bonds. The number of fused-ring (bicyclic) bond motifs is 1. The monoisotopic (exact) mass is 774 g/mol. The molecule has 0 aliphatic carbocycles. The summed E-state index contributed by atoms with van der Waals surface area (Å²) in [4.78, 5) is 69.7. The Balaban J connectivity index is 0.724. The van der Waals surface area contributed by atoms with Crippen LogP contribution in [0.25, 0.3) is 4.85 Å². The summed E-state index contributed by atoms with van der Waals surface area (Å²) >= 11 is 6.39. The third kappa shape index (κ3) is 6.68. The lowest BCUT2D eigenvalue weighted by Gasteiger charge is -2.46. The van der Waals surface area contributed by atoms with Gasteiger partial charge in [-0.1, -0.05) is 17.7 Å². The van der Waals surface area contributed by atoms with Crippen molar-refractivity contribution in [3.05, 3.63) is 88.0 Å². The number of nitrogens with one attached hydrogen (secondary N) is 1. The van der Waals surface area contributed by atoms with Crippen LogP contribution in [0.3, 0.4) is 0 Å². The smallest absolute Gasteiger partial charge is 0.262 e. The van der Waals surface area contributed by atoms with Crippen LogP contribution in [0.5, 0.6) is 0 Å². The Labute approximate surface area is 332 Å². The molecule has 1 aromatic heterocycles. The van der Waals surface area contributed by atoms with Gasteiger partial charge in [-0.15, -0.1) is 0 Å². The number of aromatic nitrogens is 1. The predicted molar refractivity (Wildman–Crippen MR) is 214 cm³/mol. The lowest BCUT2D eigenvalue weighted by molar-refractivity contribution is -0.136. The summed E-state index contributed by atoms with van der Waals surface area (Å²) < 4.78 is 0. The van der Waals surface area contributed by atoms with Gasteiger partial charge in [-0.05, 0) is 105 Å². The number of anilines is 3. The first-order valence-electron chi connectivity index (χ1n) is 20.0. The van der Waals surface area contributed by atoms with Crippen LogP contribution in [0, 0.1) is 23.8 Å². The van der Waals surface area contributed by atoms with Crippen molar-refractivity contribution in [1.29, 1.82) is 0 Å². The van der Waals surface area contributed by atoms with Gasteiger partial charge in [0.25, 0.3) is 11.8 Å². The van der Waals surface area contributed by atoms with Gasteiger partial charge in [0.2, 0.25) is 17.5 Å². The normalized spacial score (nSPS) is 24.4. The molecule has 2 atom stereocenters. The number of carbonyl (C=O) groups excluding carboxylic acids is 4. The highest BCUT2D eigenvalue weighted by atomic mass is 35.5. The van der Waals surface area contributed by atoms with Crippen LogP contribution in [0.2, 0.25) is 5.02 Å². The fraction of sp³-hybridized carbons (Fsp3) is 0.488. The van der Waals surface area contributed by atoms with Crippen LogP contribution in [0.1, 0.15) is 78.3 Å². The van der Waals surface area contributed by atoms with Crippen LogP contribution in [0.15, 0.2) is 54.7 Å². The number of pyridine rings is 1. The van der Waals surface area contributed by atoms with Crippen LogP contribution in [-0.4, -0.2) is 96.3 Å². The Kier molecular flexibility index (Phi) is 9.49. The van der Waals surface area contributed by atoms with Crippen molar-refractivity contribution in [2.24, 2.45) is 17.3 Å². The topological polar surface area (TPSA) is 114 Å². The maximum Gasteiger partial charge on any atom is 0.262 e. The number of nitrogens with zero attached hydrogens (tertiary/aromatic N) is 7. The van der Waals surface area contributed by atoms with Gasteiger partial charge in [0.15, 0.2) is 0 Å². The maximum atomic E-state index is 13.3. The lowest BCUT2D eigenvalue weighted by atomic mass is 9.76. The zero-order valence-electron chi connectivity index (χ0n) is 31.8. The highest BCUT2D eigenvalue weighted by Gasteiger charge is 2.46. The average molecular weight is 775 g/mol. The number of hydrogen-bond acceptors (Lipinski definition) is 9. The van der Waals surface area contributed by atoms with Crippen molar-refractivity contribution in [2.75, 3.05) is 60.5 Å². The summed E-state index contributed by atoms with van der Waals surface area (Å²) in [5, 5.41) is 2.78. The molecule has 12 nitrogen and oxygen atoms in total. The number of benzene rings is 2. The lowest BCUT2D eigenvalue weighted by Crippen LogP contribution is -2.54. The zero-order valence-corrected chi connectivity index (χ0v) is 32.5. The molecule has 7 heterocycles. The average Bonchev–Trinajstić information content (AvgIpc) is 3.64. The second kappa shape index (κ2) is 14.5. The Morgan fingerprint density at radius 1 is 0.857 bits per heavy atom. The molecule has 56 heavy (non-hydrogen) atoms. The van der Waals surface area contributed by atoms with Gasteiger partial charge in [-0.25, -0.2) is 4.85 Å². The van der Waals surface area contributed by atoms with Crippen LogP contribution in [0.4, 0.5) is 22.7 Å². The maximum absolute atomic E-state index is 13.3. The van der Waals surface area contributed by atoms with E-state index in [-0.39, 0.29) is 18.7 Å². The first-order valence-corrected chi connectivity index (χ1v) is 20.4. The molecular formula is C43H47ClN8O4. The summed E-state index contributed by atoms with van der Waals surface area (Å²) in [6.45, 7) is 17.5. The predicted octanol–water partition coefficient (Wildman–Crippen LogP) is 5.92. The van der Waals surface area contributed by atoms with Gasteiger partial charge in [0.1, 0.15) is 6.04 Å². The van der Waals surface area contributed by atoms with Gasteiger partial charge in [-0.3, -0.25) is 39.3 Å². The fourth-order valence-electron chi connectivity index (χ4n) is 10.3. The van der Waals surface area contributed by atoms with E-state index in [2.05, 4.69) is 55.0 Å². The SMILES string of the molecule is [C-]#[N+]c1ccc(N2CC3(CCN(c4ccc(CN5CC(C6CCN(c7ccc8c(c7)C(=O)N(C7CCC(=O)NC7=O)C8=O)CC6)C5)nc4)CC3)C[C@@H]2C)cc1Cl. The summed E-state index contributed by atoms with van der Waals surface area (Å²) in [6, 6.07) is 15.2. The molecule has 0 bridgehead atoms. The summed E-state index contributed by atoms with van der Waals surface area (Å²) in [5.41, 5.74) is 5.80. The molecule has 3 aromatic rings. The number of carbonyl (C=O) groups is 4. The Morgan fingerprint density at radius 2 is 1.57 bits per heavy atom. The number of piperidine rings is 3. The van der Waals surface area contributed by atoms with E-state index in [1.165, 1.54) is 12.1 Å². The molecule has 9 rings (SSSR count). The highest BCUT2D eigenvalue weighted by molar-refractivity contribution is 6.33. The molecule has 0 saturated carbocycles. The van der Waals surface area contributed by atoms with E-state index in [0.717, 1.165) is 100 Å². The van der Waals surface area contributed by atoms with E-state index in [1.807, 2.05) is 24.3 Å². The molecule has 1 spiro atoms. The van der Waals surface area contributed by atoms with Crippen molar-refractivity contribution in [1.82, 2.24) is 20.1 Å². The number of likely N-dealkylation sites (tertiary alicyclic amines) is 1. The summed E-state index contributed by atoms with van der Waals surface area (Å²) in [5.74, 6) is -0.585. The number of halogens is 1. The second-order valence-electron chi connectivity index (χ2n) is 16.9. The van der Waals surface area contributed by atoms with Gasteiger partial charge >= 0.3 is 0 Å². The van der Waals surface area contributed by atoms with Crippen molar-refractivity contribution < 1.29 is 19.2 Å². The Hall–Kier alpha value is -4.99. The van der Waals surface area contributed by atoms with E-state index in [9.17, 15) is 19.2 Å². The van der Waals surface area contributed by atoms with Crippen LogP contribution >= 0.6 is 11.6 Å². The molecule has 5 fully saturated rings. The van der Waals surface area contributed by atoms with Crippen molar-refractivity contribution in [2.45, 2.75) is 70.5 Å². The number of rotatable bonds is 7. The van der Waals surface area contributed by atoms with Gasteiger partial charge in [0.05, 0.1) is 35.3 Å². The third-order valence-electron chi connectivity index (χ3n) is 13.5. The molecule has 1 N–H and O–H groups in total. The number of imide groups is 2. The zero-order chi connectivity index (χ0) is 38.7. The number of hydrogen-bond donors (Lipinski definition) is 1. The fourth-order valence-corrected chi connectivity index (χ4v) is 10.5. The minimum Gasteiger partial charge on any atom is -0.371 e. The van der Waals surface area contributed by atoms with Crippen molar-refractivity contribution >= 4 is 58.0 Å². The molecule has 0 radical (unpaired) electrons. The van der Waals surface area contributed by atoms with Gasteiger partial charge in [0, 0.05) is 81.2 Å². The molecule has 2 aromatic carbocycles. The van der Waals surface area contributed by atoms with Crippen molar-refractivity contribution in [3.63, 3.8) is 0 Å². The first-order chi connectivity index (χ1) is 27.1. The Bertz CT molecular complexity index is 2110. The molecule has 13 heteroatoms. The number of amides is 4. The van der Waals surface area contributed by atoms with E-state index in [1.54, 1.807) is 12.1 Å². The standard InChI is InChI=1S/C43H47ClN8O4/c1-27-21-43(26-51(27)32-6-8-37(45-2)36(44)20-32)13-17-50(18-14-43)33-4-3-30(46-22-33)25-48-23-29(24-48)28-11-15-49(16-12-28)31-5-7-34-35(19-31)42(56)52(41(34)55)38-9-10-39(53)47-40(38)54/h3-8,19-20,22,27-29,38H,9-18,21,23-26H2,1H3,(H,47,53,54)/t27-,38?/m0/s1. The summed E-state index contributed by atoms with van der Waals surface area (Å²) in [6.07, 6.45) is 7.94. The van der Waals surface area contributed by atoms with Crippen LogP contribution in [-0.2, 0) is 16.1 Å². The van der Waals surface area contributed by atoms with E-state index >= 15 is 0 Å². The van der Waals surface area contributed by atoms with E-state index in [0.29, 0.717) is 45.1 Å². The minimum atomic E-state index is -0.955. The molecule has 6 aliphatic rings. The molecule has 6 aliphatic heterocycles. The second-order valence-corrected chi connectivity index (χ2v) is 17.3. The van der Waals surface area contributed by atoms with Crippen molar-refractivity contribution in [3.8, 4) is 0 Å². The Morgan fingerprint density at radius 3 is 2.27 bits per heavy atom. The molecule has 290 valence electrons.